The van der Waals surface area contributed by atoms with Gasteiger partial charge in [-0.25, -0.2) is 13.1 Å². The molecule has 6 nitrogen and oxygen atoms in total. The zero-order chi connectivity index (χ0) is 15.1. The maximum absolute atomic E-state index is 12.1. The minimum atomic E-state index is -3.40. The summed E-state index contributed by atoms with van der Waals surface area (Å²) in [5.74, 6) is 0.513. The number of hydrogen-bond acceptors (Lipinski definition) is 4. The predicted molar refractivity (Wildman–Crippen MR) is 82.5 cm³/mol. The Kier molecular flexibility index (Phi) is 6.20. The Morgan fingerprint density at radius 3 is 2.86 bits per heavy atom. The Labute approximate surface area is 127 Å². The van der Waals surface area contributed by atoms with E-state index in [1.807, 2.05) is 0 Å². The topological polar surface area (TPSA) is 76.0 Å². The summed E-state index contributed by atoms with van der Waals surface area (Å²) >= 11 is 0. The molecule has 1 aliphatic rings. The van der Waals surface area contributed by atoms with Gasteiger partial charge in [-0.15, -0.1) is 0 Å². The SMILES string of the molecule is CCCNCCCn1cc(S(=O)(=O)NCC2CCC2)cn1. The van der Waals surface area contributed by atoms with Crippen molar-refractivity contribution in [2.75, 3.05) is 19.6 Å². The highest BCUT2D eigenvalue weighted by molar-refractivity contribution is 7.89. The summed E-state index contributed by atoms with van der Waals surface area (Å²) in [6, 6.07) is 0. The van der Waals surface area contributed by atoms with Crippen LogP contribution in [0.2, 0.25) is 0 Å². The van der Waals surface area contributed by atoms with E-state index in [2.05, 4.69) is 22.1 Å². The average Bonchev–Trinajstić information content (AvgIpc) is 2.86. The lowest BCUT2D eigenvalue weighted by Crippen LogP contribution is -2.32. The van der Waals surface area contributed by atoms with Gasteiger partial charge in [0, 0.05) is 19.3 Å². The highest BCUT2D eigenvalue weighted by Crippen LogP contribution is 2.25. The molecule has 0 amide bonds. The Morgan fingerprint density at radius 1 is 1.38 bits per heavy atom. The maximum Gasteiger partial charge on any atom is 0.243 e. The Balaban J connectivity index is 1.77. The normalized spacial score (nSPS) is 16.0. The zero-order valence-electron chi connectivity index (χ0n) is 12.7. The molecule has 0 bridgehead atoms. The molecule has 1 aromatic heterocycles. The van der Waals surface area contributed by atoms with Gasteiger partial charge in [-0.3, -0.25) is 4.68 Å². The van der Waals surface area contributed by atoms with Crippen molar-refractivity contribution < 1.29 is 8.42 Å². The fraction of sp³-hybridized carbons (Fsp3) is 0.786. The van der Waals surface area contributed by atoms with Gasteiger partial charge in [0.25, 0.3) is 0 Å². The first-order valence-electron chi connectivity index (χ1n) is 7.84. The van der Waals surface area contributed by atoms with Crippen molar-refractivity contribution in [1.29, 1.82) is 0 Å². The lowest BCUT2D eigenvalue weighted by Gasteiger charge is -2.25. The van der Waals surface area contributed by atoms with E-state index in [0.29, 0.717) is 12.5 Å². The van der Waals surface area contributed by atoms with E-state index in [-0.39, 0.29) is 4.90 Å². The number of sulfonamides is 1. The van der Waals surface area contributed by atoms with Crippen LogP contribution in [0.5, 0.6) is 0 Å². The van der Waals surface area contributed by atoms with Gasteiger partial charge in [0.05, 0.1) is 6.20 Å². The van der Waals surface area contributed by atoms with Crippen LogP contribution in [0.25, 0.3) is 0 Å². The smallest absolute Gasteiger partial charge is 0.243 e. The summed E-state index contributed by atoms with van der Waals surface area (Å²) < 4.78 is 28.6. The van der Waals surface area contributed by atoms with Gasteiger partial charge in [0.1, 0.15) is 4.90 Å². The molecule has 0 radical (unpaired) electrons. The summed E-state index contributed by atoms with van der Waals surface area (Å²) in [5.41, 5.74) is 0. The molecule has 21 heavy (non-hydrogen) atoms. The van der Waals surface area contributed by atoms with Gasteiger partial charge < -0.3 is 5.32 Å². The number of aryl methyl sites for hydroxylation is 1. The lowest BCUT2D eigenvalue weighted by atomic mass is 9.86. The van der Waals surface area contributed by atoms with Crippen molar-refractivity contribution in [2.24, 2.45) is 5.92 Å². The molecular formula is C14H26N4O2S. The first-order chi connectivity index (χ1) is 10.1. The van der Waals surface area contributed by atoms with Crippen molar-refractivity contribution in [3.63, 3.8) is 0 Å². The molecule has 0 atom stereocenters. The van der Waals surface area contributed by atoms with E-state index < -0.39 is 10.0 Å². The molecule has 0 unspecified atom stereocenters. The fourth-order valence-corrected chi connectivity index (χ4v) is 3.35. The van der Waals surface area contributed by atoms with Crippen LogP contribution in [0.3, 0.4) is 0 Å². The molecule has 2 rings (SSSR count). The molecule has 1 saturated carbocycles. The predicted octanol–water partition coefficient (Wildman–Crippen LogP) is 1.35. The Hall–Kier alpha value is -0.920. The van der Waals surface area contributed by atoms with Crippen LogP contribution in [-0.2, 0) is 16.6 Å². The standard InChI is InChI=1S/C14H26N4O2S/c1-2-7-15-8-4-9-18-12-14(11-16-18)21(19,20)17-10-13-5-3-6-13/h11-13,15,17H,2-10H2,1H3. The molecule has 1 aliphatic carbocycles. The van der Waals surface area contributed by atoms with Gasteiger partial charge in [0.2, 0.25) is 10.0 Å². The fourth-order valence-electron chi connectivity index (χ4n) is 2.28. The van der Waals surface area contributed by atoms with Crippen LogP contribution in [0.15, 0.2) is 17.3 Å². The molecule has 1 heterocycles. The first-order valence-corrected chi connectivity index (χ1v) is 9.33. The molecule has 1 fully saturated rings. The highest BCUT2D eigenvalue weighted by atomic mass is 32.2. The van der Waals surface area contributed by atoms with Crippen molar-refractivity contribution in [1.82, 2.24) is 19.8 Å². The second-order valence-electron chi connectivity index (χ2n) is 5.69. The first kappa shape index (κ1) is 16.5. The summed E-state index contributed by atoms with van der Waals surface area (Å²) in [4.78, 5) is 0.267. The van der Waals surface area contributed by atoms with Crippen molar-refractivity contribution in [2.45, 2.75) is 50.5 Å². The van der Waals surface area contributed by atoms with Crippen molar-refractivity contribution in [3.8, 4) is 0 Å². The van der Waals surface area contributed by atoms with E-state index in [1.165, 1.54) is 12.6 Å². The molecule has 7 heteroatoms. The zero-order valence-corrected chi connectivity index (χ0v) is 13.5. The van der Waals surface area contributed by atoms with E-state index in [9.17, 15) is 8.42 Å². The Morgan fingerprint density at radius 2 is 2.19 bits per heavy atom. The largest absolute Gasteiger partial charge is 0.317 e. The monoisotopic (exact) mass is 314 g/mol. The Bertz CT molecular complexity index is 523. The molecule has 120 valence electrons. The van der Waals surface area contributed by atoms with Gasteiger partial charge in [-0.2, -0.15) is 5.10 Å². The third-order valence-electron chi connectivity index (χ3n) is 3.87. The second kappa shape index (κ2) is 7.91. The lowest BCUT2D eigenvalue weighted by molar-refractivity contribution is 0.316. The van der Waals surface area contributed by atoms with Crippen LogP contribution in [0.1, 0.15) is 39.0 Å². The highest BCUT2D eigenvalue weighted by Gasteiger charge is 2.22. The third-order valence-corrected chi connectivity index (χ3v) is 5.25. The van der Waals surface area contributed by atoms with E-state index in [4.69, 9.17) is 0 Å². The molecule has 2 N–H and O–H groups in total. The number of nitrogens with one attached hydrogen (secondary N) is 2. The second-order valence-corrected chi connectivity index (χ2v) is 7.46. The minimum absolute atomic E-state index is 0.267. The van der Waals surface area contributed by atoms with Crippen LogP contribution < -0.4 is 10.0 Å². The molecule has 0 spiro atoms. The summed E-state index contributed by atoms with van der Waals surface area (Å²) in [6.07, 6.45) is 8.59. The quantitative estimate of drug-likeness (QED) is 0.639. The molecule has 0 aliphatic heterocycles. The number of hydrogen-bond donors (Lipinski definition) is 2. The van der Waals surface area contributed by atoms with Gasteiger partial charge in [-0.05, 0) is 44.7 Å². The molecule has 0 aromatic carbocycles. The van der Waals surface area contributed by atoms with Gasteiger partial charge in [-0.1, -0.05) is 13.3 Å². The van der Waals surface area contributed by atoms with Crippen molar-refractivity contribution in [3.05, 3.63) is 12.4 Å². The average molecular weight is 314 g/mol. The molecule has 1 aromatic rings. The number of aromatic nitrogens is 2. The maximum atomic E-state index is 12.1. The van der Waals surface area contributed by atoms with Crippen molar-refractivity contribution >= 4 is 10.0 Å². The van der Waals surface area contributed by atoms with E-state index >= 15 is 0 Å². The van der Waals surface area contributed by atoms with E-state index in [0.717, 1.165) is 45.3 Å². The van der Waals surface area contributed by atoms with E-state index in [1.54, 1.807) is 10.9 Å². The van der Waals surface area contributed by atoms with Crippen LogP contribution in [0, 0.1) is 5.92 Å². The summed E-state index contributed by atoms with van der Waals surface area (Å²) in [7, 11) is -3.40. The third kappa shape index (κ3) is 5.09. The van der Waals surface area contributed by atoms with Gasteiger partial charge >= 0.3 is 0 Å². The number of nitrogens with zero attached hydrogens (tertiary/aromatic N) is 2. The molecular weight excluding hydrogens is 288 g/mol. The summed E-state index contributed by atoms with van der Waals surface area (Å²) in [6.45, 7) is 5.36. The molecule has 0 saturated heterocycles. The van der Waals surface area contributed by atoms with Crippen LogP contribution in [0.4, 0.5) is 0 Å². The number of rotatable bonds is 10. The van der Waals surface area contributed by atoms with Crippen LogP contribution in [-0.4, -0.2) is 37.8 Å². The minimum Gasteiger partial charge on any atom is -0.317 e. The van der Waals surface area contributed by atoms with Crippen LogP contribution >= 0.6 is 0 Å². The summed E-state index contributed by atoms with van der Waals surface area (Å²) in [5, 5.41) is 7.45. The van der Waals surface area contributed by atoms with Gasteiger partial charge in [0.15, 0.2) is 0 Å².